The second kappa shape index (κ2) is 14.2. The van der Waals surface area contributed by atoms with Crippen LogP contribution < -0.4 is 0 Å². The summed E-state index contributed by atoms with van der Waals surface area (Å²) < 4.78 is 13.5. The Hall–Kier alpha value is -8.60. The van der Waals surface area contributed by atoms with Crippen LogP contribution in [-0.4, -0.2) is 13.7 Å². The molecule has 0 radical (unpaired) electrons. The fourth-order valence-corrected chi connectivity index (χ4v) is 11.0. The van der Waals surface area contributed by atoms with Gasteiger partial charge in [0.25, 0.3) is 0 Å². The summed E-state index contributed by atoms with van der Waals surface area (Å²) in [5.74, 6) is 0. The molecule has 310 valence electrons. The number of para-hydroxylation sites is 3. The van der Waals surface area contributed by atoms with E-state index in [4.69, 9.17) is 4.42 Å². The van der Waals surface area contributed by atoms with Crippen LogP contribution in [0.15, 0.2) is 223 Å². The first-order chi connectivity index (χ1) is 32.7. The molecule has 10 aromatic carbocycles. The van der Waals surface area contributed by atoms with Gasteiger partial charge in [0.1, 0.15) is 11.2 Å². The van der Waals surface area contributed by atoms with E-state index in [2.05, 4.69) is 227 Å². The third-order valence-corrected chi connectivity index (χ3v) is 14.0. The van der Waals surface area contributed by atoms with Crippen LogP contribution in [0.2, 0.25) is 0 Å². The number of benzene rings is 10. The molecule has 0 amide bonds. The molecule has 4 heterocycles. The third kappa shape index (κ3) is 5.45. The Balaban J connectivity index is 0.972. The highest BCUT2D eigenvalue weighted by Crippen LogP contribution is 2.42. The van der Waals surface area contributed by atoms with Crippen molar-refractivity contribution in [3.63, 3.8) is 0 Å². The lowest BCUT2D eigenvalue weighted by atomic mass is 9.98. The number of fused-ring (bicyclic) bond motifs is 12. The standard InChI is InChI=1S/C62H41N3O/c1-2-63-55-19-11-9-17-47(55)53-38-46(26-31-56(53)63)65-59-27-21-40(39-13-5-3-6-14-39)33-49(59)52-35-42(24-30-60(52)65)41-22-28-57-50(34-41)51-36-43(23-29-58(51)64(57)45-15-7-4-8-16-45)44-25-32-62-54(37-44)48-18-10-12-20-61(48)66-62/h3-38H,2H2,1H3. The number of aryl methyl sites for hydroxylation is 1. The molecule has 4 heteroatoms. The topological polar surface area (TPSA) is 27.9 Å². The largest absolute Gasteiger partial charge is 0.456 e. The van der Waals surface area contributed by atoms with Crippen molar-refractivity contribution in [3.05, 3.63) is 218 Å². The number of nitrogens with zero attached hydrogens (tertiary/aromatic N) is 3. The van der Waals surface area contributed by atoms with Crippen LogP contribution in [0, 0.1) is 0 Å². The van der Waals surface area contributed by atoms with Gasteiger partial charge in [0.2, 0.25) is 0 Å². The van der Waals surface area contributed by atoms with Crippen molar-refractivity contribution in [1.82, 2.24) is 13.7 Å². The lowest BCUT2D eigenvalue weighted by Crippen LogP contribution is -1.95. The highest BCUT2D eigenvalue weighted by Gasteiger charge is 2.19. The summed E-state index contributed by atoms with van der Waals surface area (Å²) in [6.07, 6.45) is 0. The molecular formula is C62H41N3O. The van der Waals surface area contributed by atoms with Gasteiger partial charge in [-0.25, -0.2) is 0 Å². The first-order valence-electron chi connectivity index (χ1n) is 22.9. The van der Waals surface area contributed by atoms with Crippen molar-refractivity contribution in [2.45, 2.75) is 13.5 Å². The smallest absolute Gasteiger partial charge is 0.135 e. The Bertz CT molecular complexity index is 4260. The maximum atomic E-state index is 6.21. The second-order valence-corrected chi connectivity index (χ2v) is 17.6. The molecule has 0 spiro atoms. The van der Waals surface area contributed by atoms with Gasteiger partial charge in [0.15, 0.2) is 0 Å². The minimum Gasteiger partial charge on any atom is -0.456 e. The van der Waals surface area contributed by atoms with E-state index in [-0.39, 0.29) is 0 Å². The van der Waals surface area contributed by atoms with Crippen LogP contribution in [0.1, 0.15) is 6.92 Å². The molecule has 66 heavy (non-hydrogen) atoms. The summed E-state index contributed by atoms with van der Waals surface area (Å²) in [6.45, 7) is 3.15. The first kappa shape index (κ1) is 36.8. The zero-order valence-corrected chi connectivity index (χ0v) is 36.2. The number of hydrogen-bond donors (Lipinski definition) is 0. The molecule has 0 unspecified atom stereocenters. The molecule has 0 N–H and O–H groups in total. The quantitative estimate of drug-likeness (QED) is 0.164. The van der Waals surface area contributed by atoms with Gasteiger partial charge in [-0.1, -0.05) is 115 Å². The second-order valence-electron chi connectivity index (χ2n) is 17.6. The van der Waals surface area contributed by atoms with Crippen LogP contribution in [0.5, 0.6) is 0 Å². The Morgan fingerprint density at radius 1 is 0.288 bits per heavy atom. The highest BCUT2D eigenvalue weighted by atomic mass is 16.3. The normalized spacial score (nSPS) is 12.1. The summed E-state index contributed by atoms with van der Waals surface area (Å²) in [5, 5.41) is 9.74. The highest BCUT2D eigenvalue weighted by molar-refractivity contribution is 6.15. The van der Waals surface area contributed by atoms with Gasteiger partial charge in [-0.2, -0.15) is 0 Å². The van der Waals surface area contributed by atoms with E-state index in [0.717, 1.165) is 39.9 Å². The summed E-state index contributed by atoms with van der Waals surface area (Å²) in [7, 11) is 0. The van der Waals surface area contributed by atoms with E-state index in [1.807, 2.05) is 12.1 Å². The van der Waals surface area contributed by atoms with E-state index in [1.165, 1.54) is 98.8 Å². The van der Waals surface area contributed by atoms with E-state index in [9.17, 15) is 0 Å². The average Bonchev–Trinajstić information content (AvgIpc) is 4.11. The van der Waals surface area contributed by atoms with Crippen molar-refractivity contribution in [2.24, 2.45) is 0 Å². The van der Waals surface area contributed by atoms with Crippen molar-refractivity contribution in [3.8, 4) is 44.8 Å². The Kier molecular flexibility index (Phi) is 7.93. The van der Waals surface area contributed by atoms with E-state index >= 15 is 0 Å². The number of furan rings is 1. The van der Waals surface area contributed by atoms with Gasteiger partial charge < -0.3 is 18.1 Å². The molecule has 0 aliphatic heterocycles. The minimum atomic E-state index is 0.907. The number of rotatable bonds is 6. The lowest BCUT2D eigenvalue weighted by Gasteiger charge is -2.10. The molecule has 0 aliphatic rings. The van der Waals surface area contributed by atoms with Crippen molar-refractivity contribution in [2.75, 3.05) is 0 Å². The average molecular weight is 844 g/mol. The van der Waals surface area contributed by atoms with Crippen LogP contribution >= 0.6 is 0 Å². The lowest BCUT2D eigenvalue weighted by molar-refractivity contribution is 0.669. The maximum absolute atomic E-state index is 6.21. The van der Waals surface area contributed by atoms with E-state index in [1.54, 1.807) is 0 Å². The maximum Gasteiger partial charge on any atom is 0.135 e. The summed E-state index contributed by atoms with van der Waals surface area (Å²) in [5.41, 5.74) is 18.5. The van der Waals surface area contributed by atoms with Crippen LogP contribution in [0.3, 0.4) is 0 Å². The van der Waals surface area contributed by atoms with E-state index in [0.29, 0.717) is 0 Å². The predicted octanol–water partition coefficient (Wildman–Crippen LogP) is 16.9. The van der Waals surface area contributed by atoms with Crippen LogP contribution in [-0.2, 0) is 6.54 Å². The Morgan fingerprint density at radius 3 is 1.32 bits per heavy atom. The Labute approximate surface area is 380 Å². The molecule has 0 atom stereocenters. The van der Waals surface area contributed by atoms with Gasteiger partial charge in [-0.15, -0.1) is 0 Å². The monoisotopic (exact) mass is 843 g/mol. The molecule has 14 aromatic rings. The molecule has 4 aromatic heterocycles. The summed E-state index contributed by atoms with van der Waals surface area (Å²) in [6, 6.07) is 80.1. The van der Waals surface area contributed by atoms with Gasteiger partial charge in [-0.3, -0.25) is 0 Å². The van der Waals surface area contributed by atoms with Gasteiger partial charge >= 0.3 is 0 Å². The van der Waals surface area contributed by atoms with Gasteiger partial charge in [-0.05, 0) is 143 Å². The molecule has 0 saturated carbocycles. The van der Waals surface area contributed by atoms with Gasteiger partial charge in [0, 0.05) is 72.0 Å². The SMILES string of the molecule is CCn1c2ccccc2c2cc(-n3c4ccc(-c5ccccc5)cc4c4cc(-c5ccc6c(c5)c5cc(-c7ccc8oc9ccccc9c8c7)ccc5n6-c5ccccc5)ccc43)ccc21. The van der Waals surface area contributed by atoms with Crippen molar-refractivity contribution < 1.29 is 4.42 Å². The predicted molar refractivity (Wildman–Crippen MR) is 277 cm³/mol. The molecule has 14 rings (SSSR count). The van der Waals surface area contributed by atoms with Crippen LogP contribution in [0.25, 0.3) is 132 Å². The molecule has 0 fully saturated rings. The molecule has 0 bridgehead atoms. The third-order valence-electron chi connectivity index (χ3n) is 14.0. The number of aromatic nitrogens is 3. The molecular weight excluding hydrogens is 803 g/mol. The minimum absolute atomic E-state index is 0.907. The summed E-state index contributed by atoms with van der Waals surface area (Å²) >= 11 is 0. The van der Waals surface area contributed by atoms with E-state index < -0.39 is 0 Å². The first-order valence-corrected chi connectivity index (χ1v) is 22.9. The van der Waals surface area contributed by atoms with Gasteiger partial charge in [0.05, 0.1) is 22.1 Å². The fraction of sp³-hybridized carbons (Fsp3) is 0.0323. The molecule has 0 aliphatic carbocycles. The summed E-state index contributed by atoms with van der Waals surface area (Å²) in [4.78, 5) is 0. The molecule has 0 saturated heterocycles. The van der Waals surface area contributed by atoms with Crippen LogP contribution in [0.4, 0.5) is 0 Å². The van der Waals surface area contributed by atoms with Crippen molar-refractivity contribution in [1.29, 1.82) is 0 Å². The zero-order valence-electron chi connectivity index (χ0n) is 36.2. The van der Waals surface area contributed by atoms with Crippen molar-refractivity contribution >= 4 is 87.4 Å². The Morgan fingerprint density at radius 2 is 0.712 bits per heavy atom. The number of hydrogen-bond acceptors (Lipinski definition) is 1. The molecule has 4 nitrogen and oxygen atoms in total. The fourth-order valence-electron chi connectivity index (χ4n) is 11.0. The zero-order chi connectivity index (χ0) is 43.5.